The van der Waals surface area contributed by atoms with E-state index in [9.17, 15) is 5.11 Å². The van der Waals surface area contributed by atoms with E-state index in [1.54, 1.807) is 6.26 Å². The van der Waals surface area contributed by atoms with Crippen molar-refractivity contribution < 1.29 is 9.52 Å². The minimum absolute atomic E-state index is 0.321. The highest BCUT2D eigenvalue weighted by atomic mass is 16.3. The second-order valence-corrected chi connectivity index (χ2v) is 5.30. The summed E-state index contributed by atoms with van der Waals surface area (Å²) >= 11 is 0. The van der Waals surface area contributed by atoms with Gasteiger partial charge in [-0.1, -0.05) is 33.1 Å². The normalized spacial score (nSPS) is 27.0. The first kappa shape index (κ1) is 12.7. The van der Waals surface area contributed by atoms with Crippen LogP contribution in [0.3, 0.4) is 0 Å². The van der Waals surface area contributed by atoms with E-state index in [1.807, 2.05) is 6.07 Å². The molecule has 2 nitrogen and oxygen atoms in total. The molecule has 1 aromatic rings. The van der Waals surface area contributed by atoms with E-state index >= 15 is 0 Å². The lowest BCUT2D eigenvalue weighted by Gasteiger charge is -2.31. The Morgan fingerprint density at radius 3 is 2.94 bits per heavy atom. The van der Waals surface area contributed by atoms with Crippen LogP contribution in [0, 0.1) is 11.8 Å². The maximum Gasteiger partial charge on any atom is 0.109 e. The van der Waals surface area contributed by atoms with E-state index in [2.05, 4.69) is 13.8 Å². The molecule has 1 fully saturated rings. The Bertz CT molecular complexity index is 342. The van der Waals surface area contributed by atoms with Gasteiger partial charge in [0.2, 0.25) is 0 Å². The number of hydrogen-bond donors (Lipinski definition) is 1. The van der Waals surface area contributed by atoms with Crippen molar-refractivity contribution in [1.29, 1.82) is 0 Å². The smallest absolute Gasteiger partial charge is 0.109 e. The molecule has 0 radical (unpaired) electrons. The van der Waals surface area contributed by atoms with Crippen molar-refractivity contribution in [3.8, 4) is 0 Å². The molecule has 1 aromatic heterocycles. The van der Waals surface area contributed by atoms with Gasteiger partial charge in [-0.05, 0) is 30.7 Å². The molecule has 0 aliphatic heterocycles. The summed E-state index contributed by atoms with van der Waals surface area (Å²) in [5.74, 6) is 2.19. The van der Waals surface area contributed by atoms with Crippen LogP contribution in [0.25, 0.3) is 0 Å². The molecule has 1 aliphatic rings. The van der Waals surface area contributed by atoms with Crippen LogP contribution >= 0.6 is 0 Å². The minimum Gasteiger partial charge on any atom is -0.469 e. The average molecular weight is 236 g/mol. The Hall–Kier alpha value is -0.760. The van der Waals surface area contributed by atoms with Gasteiger partial charge in [0.05, 0.1) is 12.4 Å². The molecule has 2 heteroatoms. The fourth-order valence-corrected chi connectivity index (χ4v) is 3.15. The molecule has 1 saturated carbocycles. The molecule has 96 valence electrons. The van der Waals surface area contributed by atoms with Crippen LogP contribution in [-0.2, 0) is 6.42 Å². The lowest BCUT2D eigenvalue weighted by Crippen LogP contribution is -2.21. The zero-order chi connectivity index (χ0) is 12.3. The second-order valence-electron chi connectivity index (χ2n) is 5.30. The molecule has 0 spiro atoms. The summed E-state index contributed by atoms with van der Waals surface area (Å²) in [6, 6.07) is 1.94. The molecule has 0 bridgehead atoms. The van der Waals surface area contributed by atoms with E-state index in [0.717, 1.165) is 30.1 Å². The molecular formula is C15H24O2. The lowest BCUT2D eigenvalue weighted by molar-refractivity contribution is 0.0664. The molecule has 0 saturated heterocycles. The Balaban J connectivity index is 2.06. The van der Waals surface area contributed by atoms with Crippen LogP contribution in [-0.4, -0.2) is 5.11 Å². The summed E-state index contributed by atoms with van der Waals surface area (Å²) in [7, 11) is 0. The largest absolute Gasteiger partial charge is 0.469 e. The molecule has 3 atom stereocenters. The maximum absolute atomic E-state index is 10.5. The van der Waals surface area contributed by atoms with Gasteiger partial charge in [0, 0.05) is 12.0 Å². The fourth-order valence-electron chi connectivity index (χ4n) is 3.15. The molecular weight excluding hydrogens is 212 g/mol. The molecule has 1 aliphatic carbocycles. The first-order valence-corrected chi connectivity index (χ1v) is 7.00. The Morgan fingerprint density at radius 1 is 1.41 bits per heavy atom. The summed E-state index contributed by atoms with van der Waals surface area (Å²) in [5, 5.41) is 10.5. The lowest BCUT2D eigenvalue weighted by atomic mass is 9.76. The van der Waals surface area contributed by atoms with Crippen molar-refractivity contribution in [2.45, 2.75) is 58.5 Å². The highest BCUT2D eigenvalue weighted by molar-refractivity contribution is 5.20. The van der Waals surface area contributed by atoms with Gasteiger partial charge in [-0.3, -0.25) is 0 Å². The first-order chi connectivity index (χ1) is 8.26. The van der Waals surface area contributed by atoms with Gasteiger partial charge >= 0.3 is 0 Å². The fraction of sp³-hybridized carbons (Fsp3) is 0.733. The van der Waals surface area contributed by atoms with Crippen LogP contribution in [0.4, 0.5) is 0 Å². The van der Waals surface area contributed by atoms with Gasteiger partial charge in [0.25, 0.3) is 0 Å². The van der Waals surface area contributed by atoms with Gasteiger partial charge < -0.3 is 9.52 Å². The summed E-state index contributed by atoms with van der Waals surface area (Å²) in [4.78, 5) is 0. The van der Waals surface area contributed by atoms with Crippen molar-refractivity contribution in [3.63, 3.8) is 0 Å². The van der Waals surface area contributed by atoms with Crippen LogP contribution in [0.2, 0.25) is 0 Å². The molecule has 1 N–H and O–H groups in total. The second kappa shape index (κ2) is 5.72. The Morgan fingerprint density at radius 2 is 2.24 bits per heavy atom. The van der Waals surface area contributed by atoms with E-state index in [-0.39, 0.29) is 6.10 Å². The first-order valence-electron chi connectivity index (χ1n) is 7.00. The van der Waals surface area contributed by atoms with Crippen molar-refractivity contribution in [3.05, 3.63) is 23.7 Å². The summed E-state index contributed by atoms with van der Waals surface area (Å²) in [6.07, 6.45) is 8.43. The number of aliphatic hydroxyl groups excluding tert-OH is 1. The number of aryl methyl sites for hydroxylation is 1. The third-order valence-electron chi connectivity index (χ3n) is 4.27. The van der Waals surface area contributed by atoms with Gasteiger partial charge in [-0.15, -0.1) is 0 Å². The third kappa shape index (κ3) is 2.74. The number of rotatable bonds is 4. The number of aliphatic hydroxyl groups is 1. The Kier molecular flexibility index (Phi) is 4.27. The zero-order valence-electron chi connectivity index (χ0n) is 11.0. The number of furan rings is 1. The molecule has 3 unspecified atom stereocenters. The molecule has 0 aromatic carbocycles. The van der Waals surface area contributed by atoms with Crippen molar-refractivity contribution in [2.24, 2.45) is 11.8 Å². The minimum atomic E-state index is -0.321. The predicted octanol–water partition coefficient (Wildman–Crippen LogP) is 4.09. The molecule has 1 heterocycles. The van der Waals surface area contributed by atoms with Gasteiger partial charge in [0.1, 0.15) is 5.76 Å². The van der Waals surface area contributed by atoms with Crippen molar-refractivity contribution >= 4 is 0 Å². The standard InChI is InChI=1S/C15H24O2/c1-3-11-6-5-7-12(10-11)15(16)13-8-9-17-14(13)4-2/h8-9,11-12,15-16H,3-7,10H2,1-2H3. The Labute approximate surface area is 104 Å². The van der Waals surface area contributed by atoms with Crippen LogP contribution < -0.4 is 0 Å². The predicted molar refractivity (Wildman–Crippen MR) is 68.8 cm³/mol. The zero-order valence-corrected chi connectivity index (χ0v) is 11.0. The highest BCUT2D eigenvalue weighted by Gasteiger charge is 2.29. The van der Waals surface area contributed by atoms with E-state index < -0.39 is 0 Å². The molecule has 2 rings (SSSR count). The quantitative estimate of drug-likeness (QED) is 0.854. The summed E-state index contributed by atoms with van der Waals surface area (Å²) < 4.78 is 5.42. The number of hydrogen-bond acceptors (Lipinski definition) is 2. The van der Waals surface area contributed by atoms with E-state index in [4.69, 9.17) is 4.42 Å². The highest BCUT2D eigenvalue weighted by Crippen LogP contribution is 2.39. The van der Waals surface area contributed by atoms with Crippen LogP contribution in [0.15, 0.2) is 16.7 Å². The van der Waals surface area contributed by atoms with Crippen molar-refractivity contribution in [1.82, 2.24) is 0 Å². The van der Waals surface area contributed by atoms with E-state index in [0.29, 0.717) is 5.92 Å². The monoisotopic (exact) mass is 236 g/mol. The summed E-state index contributed by atoms with van der Waals surface area (Å²) in [6.45, 7) is 4.33. The molecule has 17 heavy (non-hydrogen) atoms. The maximum atomic E-state index is 10.5. The third-order valence-corrected chi connectivity index (χ3v) is 4.27. The van der Waals surface area contributed by atoms with Crippen molar-refractivity contribution in [2.75, 3.05) is 0 Å². The van der Waals surface area contributed by atoms with Gasteiger partial charge in [0.15, 0.2) is 0 Å². The van der Waals surface area contributed by atoms with Crippen LogP contribution in [0.1, 0.15) is 63.4 Å². The van der Waals surface area contributed by atoms with Crippen LogP contribution in [0.5, 0.6) is 0 Å². The van der Waals surface area contributed by atoms with E-state index in [1.165, 1.54) is 25.7 Å². The topological polar surface area (TPSA) is 33.4 Å². The molecule has 0 amide bonds. The van der Waals surface area contributed by atoms with Gasteiger partial charge in [-0.25, -0.2) is 0 Å². The summed E-state index contributed by atoms with van der Waals surface area (Å²) in [5.41, 5.74) is 1.02. The average Bonchev–Trinajstić information content (AvgIpc) is 2.86. The SMILES string of the molecule is CCc1occc1C(O)C1CCCC(CC)C1. The van der Waals surface area contributed by atoms with Gasteiger partial charge in [-0.2, -0.15) is 0 Å².